The first-order valence-electron chi connectivity index (χ1n) is 9.96. The van der Waals surface area contributed by atoms with Crippen molar-refractivity contribution in [3.8, 4) is 11.1 Å². The molecule has 2 aromatic heterocycles. The molecule has 0 unspecified atom stereocenters. The third kappa shape index (κ3) is 4.47. The van der Waals surface area contributed by atoms with E-state index in [1.807, 2.05) is 0 Å². The lowest BCUT2D eigenvalue weighted by molar-refractivity contribution is 0.103. The lowest BCUT2D eigenvalue weighted by Gasteiger charge is -2.11. The number of nitrogens with one attached hydrogen (secondary N) is 2. The lowest BCUT2D eigenvalue weighted by Crippen LogP contribution is -2.18. The van der Waals surface area contributed by atoms with E-state index in [9.17, 15) is 22.0 Å². The molecule has 0 aliphatic rings. The van der Waals surface area contributed by atoms with Gasteiger partial charge in [-0.25, -0.2) is 26.6 Å². The van der Waals surface area contributed by atoms with Gasteiger partial charge in [-0.3, -0.25) is 9.52 Å². The van der Waals surface area contributed by atoms with Crippen molar-refractivity contribution in [2.75, 3.05) is 10.5 Å². The number of pyridine rings is 1. The van der Waals surface area contributed by atoms with Crippen LogP contribution in [0, 0.1) is 17.5 Å². The van der Waals surface area contributed by atoms with Crippen LogP contribution in [0.2, 0.25) is 0 Å². The summed E-state index contributed by atoms with van der Waals surface area (Å²) in [5, 5.41) is 0.275. The summed E-state index contributed by atoms with van der Waals surface area (Å²) >= 11 is 0. The molecule has 0 amide bonds. The second-order valence-electron chi connectivity index (χ2n) is 7.37. The molecule has 2 N–H and O–H groups in total. The first-order valence-corrected chi connectivity index (χ1v) is 11.6. The van der Waals surface area contributed by atoms with Gasteiger partial charge in [-0.1, -0.05) is 19.1 Å². The summed E-state index contributed by atoms with van der Waals surface area (Å²) in [5.74, 6) is -4.16. The first kappa shape index (κ1) is 22.5. The summed E-state index contributed by atoms with van der Waals surface area (Å²) in [5.41, 5.74) is -0.192. The average Bonchev–Trinajstić information content (AvgIpc) is 3.19. The van der Waals surface area contributed by atoms with Crippen molar-refractivity contribution in [1.29, 1.82) is 0 Å². The third-order valence-electron chi connectivity index (χ3n) is 4.99. The first-order chi connectivity index (χ1) is 15.7. The molecule has 2 heterocycles. The fraction of sp³-hybridized carbons (Fsp3) is 0.130. The second kappa shape index (κ2) is 8.70. The zero-order valence-corrected chi connectivity index (χ0v) is 18.1. The fourth-order valence-electron chi connectivity index (χ4n) is 3.48. The van der Waals surface area contributed by atoms with Gasteiger partial charge in [0.1, 0.15) is 17.3 Å². The zero-order chi connectivity index (χ0) is 23.8. The summed E-state index contributed by atoms with van der Waals surface area (Å²) in [6.45, 7) is 1.64. The fourth-order valence-corrected chi connectivity index (χ4v) is 4.61. The molecule has 33 heavy (non-hydrogen) atoms. The van der Waals surface area contributed by atoms with E-state index in [1.54, 1.807) is 19.1 Å². The minimum atomic E-state index is -3.86. The molecule has 0 atom stereocenters. The number of nitrogens with zero attached hydrogens (tertiary/aromatic N) is 1. The van der Waals surface area contributed by atoms with Gasteiger partial charge >= 0.3 is 0 Å². The quantitative estimate of drug-likeness (QED) is 0.368. The standard InChI is InChI=1S/C23H18F3N3O3S/c1-2-8-33(31,32)29-19-7-6-18(25)20(21(19)26)22(30)17-12-28-23-16(17)10-14(11-27-23)13-4-3-5-15(24)9-13/h3-7,9-12,29H,2,8H2,1H3,(H,27,28). The van der Waals surface area contributed by atoms with Gasteiger partial charge in [-0.15, -0.1) is 0 Å². The second-order valence-corrected chi connectivity index (χ2v) is 9.21. The number of hydrogen-bond acceptors (Lipinski definition) is 4. The Kier molecular flexibility index (Phi) is 5.94. The van der Waals surface area contributed by atoms with Crippen molar-refractivity contribution in [2.45, 2.75) is 13.3 Å². The number of benzene rings is 2. The molecule has 0 aliphatic heterocycles. The molecular weight excluding hydrogens is 455 g/mol. The molecule has 0 bridgehead atoms. The van der Waals surface area contributed by atoms with E-state index in [2.05, 4.69) is 14.7 Å². The molecule has 0 spiro atoms. The van der Waals surface area contributed by atoms with Crippen LogP contribution >= 0.6 is 0 Å². The van der Waals surface area contributed by atoms with Crippen molar-refractivity contribution in [2.24, 2.45) is 0 Å². The highest BCUT2D eigenvalue weighted by Crippen LogP contribution is 2.29. The van der Waals surface area contributed by atoms with Crippen molar-refractivity contribution >= 4 is 32.5 Å². The van der Waals surface area contributed by atoms with Crippen molar-refractivity contribution in [1.82, 2.24) is 9.97 Å². The summed E-state index contributed by atoms with van der Waals surface area (Å²) in [6.07, 6.45) is 3.04. The van der Waals surface area contributed by atoms with Gasteiger partial charge in [0.25, 0.3) is 0 Å². The number of hydrogen-bond donors (Lipinski definition) is 2. The van der Waals surface area contributed by atoms with Crippen LogP contribution in [0.15, 0.2) is 54.9 Å². The van der Waals surface area contributed by atoms with Gasteiger partial charge in [-0.05, 0) is 42.3 Å². The zero-order valence-electron chi connectivity index (χ0n) is 17.3. The molecule has 2 aromatic carbocycles. The molecule has 4 aromatic rings. The normalized spacial score (nSPS) is 11.6. The van der Waals surface area contributed by atoms with Gasteiger partial charge in [-0.2, -0.15) is 0 Å². The Morgan fingerprint density at radius 2 is 1.88 bits per heavy atom. The highest BCUT2D eigenvalue weighted by Gasteiger charge is 2.26. The van der Waals surface area contributed by atoms with Crippen LogP contribution in [0.25, 0.3) is 22.2 Å². The number of H-pyrrole nitrogens is 1. The molecule has 0 saturated carbocycles. The number of anilines is 1. The Morgan fingerprint density at radius 1 is 1.09 bits per heavy atom. The SMILES string of the molecule is CCCS(=O)(=O)Nc1ccc(F)c(C(=O)c2c[nH]c3ncc(-c4cccc(F)c4)cc23)c1F. The minimum absolute atomic E-state index is 0.0675. The molecule has 0 fully saturated rings. The maximum absolute atomic E-state index is 15.1. The Labute approximate surface area is 187 Å². The van der Waals surface area contributed by atoms with Crippen LogP contribution in [-0.2, 0) is 10.0 Å². The van der Waals surface area contributed by atoms with Crippen molar-refractivity contribution < 1.29 is 26.4 Å². The van der Waals surface area contributed by atoms with Gasteiger partial charge in [0.15, 0.2) is 5.82 Å². The Bertz CT molecular complexity index is 1480. The van der Waals surface area contributed by atoms with Crippen LogP contribution in [-0.4, -0.2) is 29.9 Å². The van der Waals surface area contributed by atoms with Gasteiger partial charge in [0.05, 0.1) is 17.0 Å². The van der Waals surface area contributed by atoms with E-state index in [0.717, 1.165) is 12.1 Å². The molecular formula is C23H18F3N3O3S. The summed E-state index contributed by atoms with van der Waals surface area (Å²) in [4.78, 5) is 20.1. The predicted octanol–water partition coefficient (Wildman–Crippen LogP) is 5.03. The predicted molar refractivity (Wildman–Crippen MR) is 119 cm³/mol. The van der Waals surface area contributed by atoms with E-state index in [1.165, 1.54) is 30.6 Å². The van der Waals surface area contributed by atoms with Gasteiger partial charge < -0.3 is 4.98 Å². The van der Waals surface area contributed by atoms with E-state index in [0.29, 0.717) is 23.2 Å². The maximum Gasteiger partial charge on any atom is 0.232 e. The van der Waals surface area contributed by atoms with Crippen LogP contribution in [0.1, 0.15) is 29.3 Å². The number of halogens is 3. The molecule has 6 nitrogen and oxygen atoms in total. The molecule has 0 saturated heterocycles. The average molecular weight is 473 g/mol. The highest BCUT2D eigenvalue weighted by molar-refractivity contribution is 7.92. The largest absolute Gasteiger partial charge is 0.345 e. The Balaban J connectivity index is 1.79. The monoisotopic (exact) mass is 473 g/mol. The number of carbonyl (C=O) groups is 1. The molecule has 4 rings (SSSR count). The topological polar surface area (TPSA) is 91.9 Å². The minimum Gasteiger partial charge on any atom is -0.345 e. The van der Waals surface area contributed by atoms with E-state index < -0.39 is 44.5 Å². The van der Waals surface area contributed by atoms with Crippen LogP contribution in [0.4, 0.5) is 18.9 Å². The van der Waals surface area contributed by atoms with Gasteiger partial charge in [0.2, 0.25) is 15.8 Å². The molecule has 10 heteroatoms. The summed E-state index contributed by atoms with van der Waals surface area (Å²) < 4.78 is 69.3. The van der Waals surface area contributed by atoms with E-state index in [4.69, 9.17) is 0 Å². The summed E-state index contributed by atoms with van der Waals surface area (Å²) in [6, 6.07) is 9.07. The Morgan fingerprint density at radius 3 is 2.61 bits per heavy atom. The number of carbonyl (C=O) groups excluding carboxylic acids is 1. The van der Waals surface area contributed by atoms with E-state index in [-0.39, 0.29) is 16.7 Å². The third-order valence-corrected chi connectivity index (χ3v) is 6.47. The lowest BCUT2D eigenvalue weighted by atomic mass is 10.00. The number of fused-ring (bicyclic) bond motifs is 1. The van der Waals surface area contributed by atoms with Gasteiger partial charge in [0, 0.05) is 28.9 Å². The number of aromatic nitrogens is 2. The maximum atomic E-state index is 15.1. The number of ketones is 1. The molecule has 0 aliphatic carbocycles. The number of aromatic amines is 1. The van der Waals surface area contributed by atoms with Crippen molar-refractivity contribution in [3.05, 3.63) is 83.4 Å². The van der Waals surface area contributed by atoms with Crippen molar-refractivity contribution in [3.63, 3.8) is 0 Å². The number of sulfonamides is 1. The molecule has 170 valence electrons. The Hall–Kier alpha value is -3.66. The highest BCUT2D eigenvalue weighted by atomic mass is 32.2. The van der Waals surface area contributed by atoms with Crippen LogP contribution in [0.3, 0.4) is 0 Å². The molecule has 0 radical (unpaired) electrons. The van der Waals surface area contributed by atoms with Crippen LogP contribution < -0.4 is 4.72 Å². The van der Waals surface area contributed by atoms with E-state index >= 15 is 4.39 Å². The summed E-state index contributed by atoms with van der Waals surface area (Å²) in [7, 11) is -3.86. The van der Waals surface area contributed by atoms with Crippen LogP contribution in [0.5, 0.6) is 0 Å². The smallest absolute Gasteiger partial charge is 0.232 e. The number of rotatable bonds is 7.